The number of rotatable bonds is 4. The van der Waals surface area contributed by atoms with Crippen LogP contribution in [0.25, 0.3) is 0 Å². The average Bonchev–Trinajstić information content (AvgIpc) is 2.16. The van der Waals surface area contributed by atoms with Crippen molar-refractivity contribution in [2.24, 2.45) is 0 Å². The van der Waals surface area contributed by atoms with Gasteiger partial charge < -0.3 is 0 Å². The van der Waals surface area contributed by atoms with Crippen molar-refractivity contribution in [2.45, 2.75) is 17.9 Å². The monoisotopic (exact) mass is 231 g/mol. The average molecular weight is 232 g/mol. The Balaban J connectivity index is 2.46. The van der Waals surface area contributed by atoms with Crippen LogP contribution in [0, 0.1) is 10.1 Å². The van der Waals surface area contributed by atoms with E-state index >= 15 is 0 Å². The lowest BCUT2D eigenvalue weighted by atomic mass is 10.4. The molecule has 0 heterocycles. The SMILES string of the molecule is CC(CSc1ccc(Cl)cc1)[N+](=O)[O-]. The molecule has 14 heavy (non-hydrogen) atoms. The summed E-state index contributed by atoms with van der Waals surface area (Å²) >= 11 is 7.17. The maximum Gasteiger partial charge on any atom is 0.219 e. The molecule has 1 unspecified atom stereocenters. The molecule has 76 valence electrons. The fraction of sp³-hybridized carbons (Fsp3) is 0.333. The summed E-state index contributed by atoms with van der Waals surface area (Å²) in [5.41, 5.74) is 0. The van der Waals surface area contributed by atoms with Crippen molar-refractivity contribution < 1.29 is 4.92 Å². The molecule has 0 aliphatic carbocycles. The van der Waals surface area contributed by atoms with Gasteiger partial charge in [0.15, 0.2) is 0 Å². The summed E-state index contributed by atoms with van der Waals surface area (Å²) in [7, 11) is 0. The Morgan fingerprint density at radius 3 is 2.57 bits per heavy atom. The number of nitro groups is 1. The summed E-state index contributed by atoms with van der Waals surface area (Å²) in [5.74, 6) is 0.481. The van der Waals surface area contributed by atoms with Gasteiger partial charge in [0.05, 0.1) is 5.75 Å². The molecule has 0 aromatic heterocycles. The van der Waals surface area contributed by atoms with E-state index in [1.54, 1.807) is 19.1 Å². The summed E-state index contributed by atoms with van der Waals surface area (Å²) in [6.45, 7) is 1.60. The minimum Gasteiger partial charge on any atom is -0.264 e. The second-order valence-corrected chi connectivity index (χ2v) is 4.43. The van der Waals surface area contributed by atoms with E-state index < -0.39 is 6.04 Å². The minimum absolute atomic E-state index is 0.275. The van der Waals surface area contributed by atoms with Crippen LogP contribution in [-0.2, 0) is 0 Å². The molecule has 0 saturated heterocycles. The molecule has 0 spiro atoms. The molecular formula is C9H10ClNO2S. The normalized spacial score (nSPS) is 12.4. The number of hydrogen-bond acceptors (Lipinski definition) is 3. The van der Waals surface area contributed by atoms with Crippen molar-refractivity contribution in [2.75, 3.05) is 5.75 Å². The number of halogens is 1. The predicted octanol–water partition coefficient (Wildman–Crippen LogP) is 3.10. The zero-order chi connectivity index (χ0) is 10.6. The lowest BCUT2D eigenvalue weighted by molar-refractivity contribution is -0.511. The first-order chi connectivity index (χ1) is 6.59. The molecule has 0 radical (unpaired) electrons. The standard InChI is InChI=1S/C9H10ClNO2S/c1-7(11(12)13)6-14-9-4-2-8(10)3-5-9/h2-5,7H,6H2,1H3. The highest BCUT2D eigenvalue weighted by Crippen LogP contribution is 2.21. The first-order valence-corrected chi connectivity index (χ1v) is 5.48. The molecule has 1 aromatic carbocycles. The molecule has 0 N–H and O–H groups in total. The Morgan fingerprint density at radius 2 is 2.07 bits per heavy atom. The predicted molar refractivity (Wildman–Crippen MR) is 58.6 cm³/mol. The van der Waals surface area contributed by atoms with Gasteiger partial charge in [-0.15, -0.1) is 11.8 Å². The summed E-state index contributed by atoms with van der Waals surface area (Å²) < 4.78 is 0. The fourth-order valence-corrected chi connectivity index (χ4v) is 1.82. The molecule has 1 aromatic rings. The van der Waals surface area contributed by atoms with Crippen molar-refractivity contribution in [1.82, 2.24) is 0 Å². The van der Waals surface area contributed by atoms with Crippen LogP contribution in [0.3, 0.4) is 0 Å². The Bertz CT molecular complexity index is 315. The third-order valence-electron chi connectivity index (χ3n) is 1.66. The molecule has 0 fully saturated rings. The van der Waals surface area contributed by atoms with Crippen molar-refractivity contribution in [3.05, 3.63) is 39.4 Å². The summed E-state index contributed by atoms with van der Waals surface area (Å²) in [6, 6.07) is 6.76. The Labute approximate surface area is 91.6 Å². The van der Waals surface area contributed by atoms with Crippen LogP contribution < -0.4 is 0 Å². The number of thioether (sulfide) groups is 1. The molecule has 0 bridgehead atoms. The Morgan fingerprint density at radius 1 is 1.50 bits per heavy atom. The molecular weight excluding hydrogens is 222 g/mol. The third-order valence-corrected chi connectivity index (χ3v) is 3.17. The van der Waals surface area contributed by atoms with Crippen molar-refractivity contribution in [3.8, 4) is 0 Å². The van der Waals surface area contributed by atoms with E-state index in [1.807, 2.05) is 12.1 Å². The van der Waals surface area contributed by atoms with Crippen molar-refractivity contribution in [1.29, 1.82) is 0 Å². The minimum atomic E-state index is -0.518. The molecule has 5 heteroatoms. The summed E-state index contributed by atoms with van der Waals surface area (Å²) in [6.07, 6.45) is 0. The van der Waals surface area contributed by atoms with E-state index in [2.05, 4.69) is 0 Å². The Kier molecular flexibility index (Phi) is 4.22. The summed E-state index contributed by atoms with van der Waals surface area (Å²) in [4.78, 5) is 11.1. The molecule has 0 aliphatic heterocycles. The van der Waals surface area contributed by atoms with Crippen LogP contribution in [-0.4, -0.2) is 16.7 Å². The lowest BCUT2D eigenvalue weighted by Gasteiger charge is -2.03. The first kappa shape index (κ1) is 11.3. The second-order valence-electron chi connectivity index (χ2n) is 2.90. The van der Waals surface area contributed by atoms with Gasteiger partial charge in [-0.1, -0.05) is 11.6 Å². The smallest absolute Gasteiger partial charge is 0.219 e. The van der Waals surface area contributed by atoms with Crippen LogP contribution >= 0.6 is 23.4 Å². The first-order valence-electron chi connectivity index (χ1n) is 4.11. The largest absolute Gasteiger partial charge is 0.264 e. The van der Waals surface area contributed by atoms with Crippen molar-refractivity contribution >= 4 is 23.4 Å². The van der Waals surface area contributed by atoms with Crippen molar-refractivity contribution in [3.63, 3.8) is 0 Å². The van der Waals surface area contributed by atoms with E-state index in [-0.39, 0.29) is 4.92 Å². The van der Waals surface area contributed by atoms with Crippen LogP contribution in [0.1, 0.15) is 6.92 Å². The van der Waals surface area contributed by atoms with Gasteiger partial charge in [0.1, 0.15) is 0 Å². The fourth-order valence-electron chi connectivity index (χ4n) is 0.809. The topological polar surface area (TPSA) is 43.1 Å². The highest BCUT2D eigenvalue weighted by Gasteiger charge is 2.12. The maximum absolute atomic E-state index is 10.3. The molecule has 1 rings (SSSR count). The highest BCUT2D eigenvalue weighted by molar-refractivity contribution is 7.99. The van der Waals surface area contributed by atoms with E-state index in [4.69, 9.17) is 11.6 Å². The van der Waals surface area contributed by atoms with Gasteiger partial charge in [0.2, 0.25) is 6.04 Å². The van der Waals surface area contributed by atoms with E-state index in [0.29, 0.717) is 10.8 Å². The molecule has 0 amide bonds. The van der Waals surface area contributed by atoms with Gasteiger partial charge in [0.25, 0.3) is 0 Å². The molecule has 0 aliphatic rings. The zero-order valence-electron chi connectivity index (χ0n) is 7.64. The van der Waals surface area contributed by atoms with Gasteiger partial charge in [-0.25, -0.2) is 0 Å². The van der Waals surface area contributed by atoms with E-state index in [0.717, 1.165) is 4.90 Å². The Hall–Kier alpha value is -0.740. The zero-order valence-corrected chi connectivity index (χ0v) is 9.22. The number of nitrogens with zero attached hydrogens (tertiary/aromatic N) is 1. The lowest BCUT2D eigenvalue weighted by Crippen LogP contribution is -2.17. The summed E-state index contributed by atoms with van der Waals surface area (Å²) in [5, 5.41) is 11.0. The molecule has 3 nitrogen and oxygen atoms in total. The van der Waals surface area contributed by atoms with Crippen LogP contribution in [0.4, 0.5) is 0 Å². The molecule has 1 atom stereocenters. The quantitative estimate of drug-likeness (QED) is 0.454. The van der Waals surface area contributed by atoms with Gasteiger partial charge in [0, 0.05) is 21.8 Å². The van der Waals surface area contributed by atoms with Crippen LogP contribution in [0.5, 0.6) is 0 Å². The van der Waals surface area contributed by atoms with Gasteiger partial charge >= 0.3 is 0 Å². The van der Waals surface area contributed by atoms with Gasteiger partial charge in [-0.05, 0) is 24.3 Å². The molecule has 0 saturated carbocycles. The third kappa shape index (κ3) is 3.55. The maximum atomic E-state index is 10.3. The van der Waals surface area contributed by atoms with E-state index in [1.165, 1.54) is 11.8 Å². The number of hydrogen-bond donors (Lipinski definition) is 0. The number of benzene rings is 1. The van der Waals surface area contributed by atoms with E-state index in [9.17, 15) is 10.1 Å². The van der Waals surface area contributed by atoms with Gasteiger partial charge in [-0.3, -0.25) is 10.1 Å². The van der Waals surface area contributed by atoms with Gasteiger partial charge in [-0.2, -0.15) is 0 Å². The highest BCUT2D eigenvalue weighted by atomic mass is 35.5. The second kappa shape index (κ2) is 5.22. The van der Waals surface area contributed by atoms with Crippen LogP contribution in [0.2, 0.25) is 5.02 Å². The van der Waals surface area contributed by atoms with Crippen LogP contribution in [0.15, 0.2) is 29.2 Å².